The summed E-state index contributed by atoms with van der Waals surface area (Å²) in [4.78, 5) is 0. The van der Waals surface area contributed by atoms with Crippen molar-refractivity contribution in [1.82, 2.24) is 9.78 Å². The molecule has 1 aromatic rings. The highest BCUT2D eigenvalue weighted by Crippen LogP contribution is 2.25. The molecular weight excluding hydrogens is 226 g/mol. The SMILES string of the molecule is Cc1cc(CC2(N)CCS(=O)(=O)C2)n(C)n1. The number of rotatable bonds is 2. The zero-order chi connectivity index (χ0) is 12.0. The Bertz CT molecular complexity index is 506. The van der Waals surface area contributed by atoms with Crippen molar-refractivity contribution in [2.24, 2.45) is 12.8 Å². The van der Waals surface area contributed by atoms with Gasteiger partial charge in [0.05, 0.1) is 17.2 Å². The molecule has 2 N–H and O–H groups in total. The van der Waals surface area contributed by atoms with Gasteiger partial charge in [-0.05, 0) is 19.4 Å². The van der Waals surface area contributed by atoms with Crippen LogP contribution in [-0.2, 0) is 23.3 Å². The van der Waals surface area contributed by atoms with E-state index in [1.165, 1.54) is 0 Å². The normalized spacial score (nSPS) is 28.4. The van der Waals surface area contributed by atoms with Gasteiger partial charge in [0.1, 0.15) is 0 Å². The van der Waals surface area contributed by atoms with Gasteiger partial charge in [-0.25, -0.2) is 8.42 Å². The van der Waals surface area contributed by atoms with E-state index in [9.17, 15) is 8.42 Å². The fraction of sp³-hybridized carbons (Fsp3) is 0.700. The molecule has 1 atom stereocenters. The van der Waals surface area contributed by atoms with E-state index in [1.54, 1.807) is 4.68 Å². The summed E-state index contributed by atoms with van der Waals surface area (Å²) in [7, 11) is -1.08. The Morgan fingerprint density at radius 3 is 2.75 bits per heavy atom. The quantitative estimate of drug-likeness (QED) is 0.779. The summed E-state index contributed by atoms with van der Waals surface area (Å²) in [6.45, 7) is 1.91. The van der Waals surface area contributed by atoms with Crippen LogP contribution >= 0.6 is 0 Å². The van der Waals surface area contributed by atoms with Crippen LogP contribution in [-0.4, -0.2) is 35.2 Å². The minimum atomic E-state index is -2.93. The van der Waals surface area contributed by atoms with Crippen LogP contribution in [0.25, 0.3) is 0 Å². The van der Waals surface area contributed by atoms with Gasteiger partial charge < -0.3 is 5.73 Å². The molecule has 1 aromatic heterocycles. The molecule has 1 saturated heterocycles. The molecule has 0 spiro atoms. The van der Waals surface area contributed by atoms with Crippen molar-refractivity contribution in [3.8, 4) is 0 Å². The van der Waals surface area contributed by atoms with Gasteiger partial charge in [-0.3, -0.25) is 4.68 Å². The maximum absolute atomic E-state index is 11.4. The molecule has 0 aromatic carbocycles. The Morgan fingerprint density at radius 1 is 1.62 bits per heavy atom. The molecule has 1 unspecified atom stereocenters. The van der Waals surface area contributed by atoms with Gasteiger partial charge in [0.25, 0.3) is 0 Å². The molecule has 0 bridgehead atoms. The molecule has 1 aliphatic rings. The van der Waals surface area contributed by atoms with E-state index in [4.69, 9.17) is 5.73 Å². The van der Waals surface area contributed by atoms with E-state index in [0.717, 1.165) is 11.4 Å². The van der Waals surface area contributed by atoms with E-state index in [-0.39, 0.29) is 11.5 Å². The number of aromatic nitrogens is 2. The zero-order valence-electron chi connectivity index (χ0n) is 9.60. The first-order valence-corrected chi connectivity index (χ1v) is 7.11. The predicted molar refractivity (Wildman–Crippen MR) is 61.8 cm³/mol. The van der Waals surface area contributed by atoms with Crippen LogP contribution in [0.3, 0.4) is 0 Å². The fourth-order valence-electron chi connectivity index (χ4n) is 2.27. The van der Waals surface area contributed by atoms with Crippen LogP contribution in [0.1, 0.15) is 17.8 Å². The molecule has 1 aliphatic heterocycles. The highest BCUT2D eigenvalue weighted by Gasteiger charge is 2.39. The largest absolute Gasteiger partial charge is 0.324 e. The summed E-state index contributed by atoms with van der Waals surface area (Å²) in [5, 5.41) is 4.23. The van der Waals surface area contributed by atoms with Gasteiger partial charge in [0.2, 0.25) is 0 Å². The summed E-state index contributed by atoms with van der Waals surface area (Å²) in [5.41, 5.74) is 7.44. The first-order valence-electron chi connectivity index (χ1n) is 5.29. The fourth-order valence-corrected chi connectivity index (χ4v) is 4.26. The number of nitrogens with two attached hydrogens (primary N) is 1. The molecule has 1 fully saturated rings. The van der Waals surface area contributed by atoms with Crippen molar-refractivity contribution < 1.29 is 8.42 Å². The summed E-state index contributed by atoms with van der Waals surface area (Å²) in [6, 6.07) is 1.96. The Morgan fingerprint density at radius 2 is 2.31 bits per heavy atom. The summed E-state index contributed by atoms with van der Waals surface area (Å²) in [6.07, 6.45) is 1.11. The first kappa shape index (κ1) is 11.6. The van der Waals surface area contributed by atoms with E-state index in [0.29, 0.717) is 12.8 Å². The second kappa shape index (κ2) is 3.56. The van der Waals surface area contributed by atoms with Crippen LogP contribution in [0.4, 0.5) is 0 Å². The molecule has 2 heterocycles. The van der Waals surface area contributed by atoms with Gasteiger partial charge in [0, 0.05) is 24.7 Å². The molecule has 0 radical (unpaired) electrons. The van der Waals surface area contributed by atoms with Crippen LogP contribution in [0.2, 0.25) is 0 Å². The highest BCUT2D eigenvalue weighted by atomic mass is 32.2. The van der Waals surface area contributed by atoms with Crippen LogP contribution < -0.4 is 5.73 Å². The van der Waals surface area contributed by atoms with Crippen molar-refractivity contribution in [1.29, 1.82) is 0 Å². The lowest BCUT2D eigenvalue weighted by molar-refractivity contribution is 0.460. The van der Waals surface area contributed by atoms with Gasteiger partial charge >= 0.3 is 0 Å². The highest BCUT2D eigenvalue weighted by molar-refractivity contribution is 7.91. The predicted octanol–water partition coefficient (Wildman–Crippen LogP) is -0.213. The Balaban J connectivity index is 2.19. The minimum Gasteiger partial charge on any atom is -0.324 e. The van der Waals surface area contributed by atoms with Crippen LogP contribution in [0.15, 0.2) is 6.07 Å². The average Bonchev–Trinajstić information content (AvgIpc) is 2.54. The Hall–Kier alpha value is -0.880. The van der Waals surface area contributed by atoms with Crippen molar-refractivity contribution in [2.75, 3.05) is 11.5 Å². The second-order valence-electron chi connectivity index (χ2n) is 4.78. The van der Waals surface area contributed by atoms with E-state index >= 15 is 0 Å². The lowest BCUT2D eigenvalue weighted by Crippen LogP contribution is -2.43. The van der Waals surface area contributed by atoms with E-state index < -0.39 is 15.4 Å². The topological polar surface area (TPSA) is 78.0 Å². The van der Waals surface area contributed by atoms with E-state index in [1.807, 2.05) is 20.0 Å². The van der Waals surface area contributed by atoms with Crippen LogP contribution in [0.5, 0.6) is 0 Å². The molecular formula is C10H17N3O2S. The number of nitrogens with zero attached hydrogens (tertiary/aromatic N) is 2. The molecule has 0 amide bonds. The van der Waals surface area contributed by atoms with Crippen molar-refractivity contribution in [2.45, 2.75) is 25.3 Å². The third-order valence-electron chi connectivity index (χ3n) is 3.05. The Kier molecular flexibility index (Phi) is 2.58. The lowest BCUT2D eigenvalue weighted by atomic mass is 9.94. The van der Waals surface area contributed by atoms with Gasteiger partial charge in [0.15, 0.2) is 9.84 Å². The molecule has 0 aliphatic carbocycles. The van der Waals surface area contributed by atoms with Crippen molar-refractivity contribution in [3.05, 3.63) is 17.5 Å². The molecule has 0 saturated carbocycles. The molecule has 6 heteroatoms. The minimum absolute atomic E-state index is 0.0875. The maximum Gasteiger partial charge on any atom is 0.152 e. The number of sulfone groups is 1. The average molecular weight is 243 g/mol. The smallest absolute Gasteiger partial charge is 0.152 e. The first-order chi connectivity index (χ1) is 7.30. The molecule has 2 rings (SSSR count). The lowest BCUT2D eigenvalue weighted by Gasteiger charge is -2.21. The molecule has 16 heavy (non-hydrogen) atoms. The van der Waals surface area contributed by atoms with Crippen molar-refractivity contribution >= 4 is 9.84 Å². The number of hydrogen-bond acceptors (Lipinski definition) is 4. The second-order valence-corrected chi connectivity index (χ2v) is 6.97. The van der Waals surface area contributed by atoms with Crippen LogP contribution in [0, 0.1) is 6.92 Å². The third kappa shape index (κ3) is 2.27. The zero-order valence-corrected chi connectivity index (χ0v) is 10.4. The molecule has 5 nitrogen and oxygen atoms in total. The van der Waals surface area contributed by atoms with E-state index in [2.05, 4.69) is 5.10 Å². The monoisotopic (exact) mass is 243 g/mol. The maximum atomic E-state index is 11.4. The summed E-state index contributed by atoms with van der Waals surface area (Å²) >= 11 is 0. The third-order valence-corrected chi connectivity index (χ3v) is 4.89. The standard InChI is InChI=1S/C10H17N3O2S/c1-8-5-9(13(2)12-8)6-10(11)3-4-16(14,15)7-10/h5H,3-4,6-7,11H2,1-2H3. The number of aryl methyl sites for hydroxylation is 2. The van der Waals surface area contributed by atoms with Gasteiger partial charge in [-0.1, -0.05) is 0 Å². The Labute approximate surface area is 95.6 Å². The molecule has 90 valence electrons. The summed E-state index contributed by atoms with van der Waals surface area (Å²) < 4.78 is 24.6. The van der Waals surface area contributed by atoms with Crippen molar-refractivity contribution in [3.63, 3.8) is 0 Å². The summed E-state index contributed by atoms with van der Waals surface area (Å²) in [5.74, 6) is 0.296. The van der Waals surface area contributed by atoms with Gasteiger partial charge in [-0.2, -0.15) is 5.10 Å². The number of hydrogen-bond donors (Lipinski definition) is 1. The van der Waals surface area contributed by atoms with Gasteiger partial charge in [-0.15, -0.1) is 0 Å².